The average Bonchev–Trinajstić information content (AvgIpc) is 2.69. The molecule has 0 radical (unpaired) electrons. The summed E-state index contributed by atoms with van der Waals surface area (Å²) in [5, 5.41) is 1.47. The van der Waals surface area contributed by atoms with Gasteiger partial charge < -0.3 is 9.30 Å². The molecule has 2 aromatic heterocycles. The van der Waals surface area contributed by atoms with Crippen molar-refractivity contribution < 1.29 is 4.74 Å². The first kappa shape index (κ1) is 17.0. The molecule has 4 aromatic rings. The number of rotatable bonds is 3. The van der Waals surface area contributed by atoms with Crippen LogP contribution < -0.4 is 10.3 Å². The molecule has 0 fully saturated rings. The van der Waals surface area contributed by atoms with Crippen molar-refractivity contribution in [3.05, 3.63) is 76.2 Å². The summed E-state index contributed by atoms with van der Waals surface area (Å²) in [7, 11) is 3.36. The number of nitrogens with zero attached hydrogens (tertiary/aromatic N) is 3. The molecule has 27 heavy (non-hydrogen) atoms. The Hall–Kier alpha value is -3.47. The fraction of sp³-hybridized carbons (Fsp3) is 0.136. The molecule has 0 amide bonds. The van der Waals surface area contributed by atoms with E-state index in [1.165, 1.54) is 5.56 Å². The fourth-order valence-electron chi connectivity index (χ4n) is 3.04. The summed E-state index contributed by atoms with van der Waals surface area (Å²) in [4.78, 5) is 21.9. The third kappa shape index (κ3) is 3.19. The van der Waals surface area contributed by atoms with Gasteiger partial charge in [0.25, 0.3) is 5.56 Å². The van der Waals surface area contributed by atoms with Crippen LogP contribution in [-0.2, 0) is 7.05 Å². The monoisotopic (exact) mass is 357 g/mol. The van der Waals surface area contributed by atoms with Crippen LogP contribution in [0.3, 0.4) is 0 Å². The molecule has 0 atom stereocenters. The molecule has 0 bridgehead atoms. The maximum atomic E-state index is 12.6. The van der Waals surface area contributed by atoms with Gasteiger partial charge in [-0.15, -0.1) is 0 Å². The largest absolute Gasteiger partial charge is 0.497 e. The third-order valence-corrected chi connectivity index (χ3v) is 4.57. The van der Waals surface area contributed by atoms with Gasteiger partial charge in [-0.2, -0.15) is 0 Å². The van der Waals surface area contributed by atoms with E-state index in [9.17, 15) is 4.79 Å². The predicted octanol–water partition coefficient (Wildman–Crippen LogP) is 4.15. The minimum Gasteiger partial charge on any atom is -0.497 e. The van der Waals surface area contributed by atoms with Crippen molar-refractivity contribution in [3.63, 3.8) is 0 Å². The normalized spacial score (nSPS) is 11.5. The molecule has 5 nitrogen and oxygen atoms in total. The summed E-state index contributed by atoms with van der Waals surface area (Å²) >= 11 is 0. The molecule has 134 valence electrons. The zero-order chi connectivity index (χ0) is 19.0. The van der Waals surface area contributed by atoms with Gasteiger partial charge in [-0.3, -0.25) is 9.79 Å². The summed E-state index contributed by atoms with van der Waals surface area (Å²) in [6, 6.07) is 15.5. The highest BCUT2D eigenvalue weighted by Crippen LogP contribution is 2.23. The van der Waals surface area contributed by atoms with Crippen molar-refractivity contribution in [3.8, 4) is 5.75 Å². The quantitative estimate of drug-likeness (QED) is 0.409. The molecule has 0 unspecified atom stereocenters. The van der Waals surface area contributed by atoms with Crippen LogP contribution in [0.15, 0.2) is 64.5 Å². The zero-order valence-corrected chi connectivity index (χ0v) is 15.4. The van der Waals surface area contributed by atoms with Gasteiger partial charge in [-0.1, -0.05) is 17.7 Å². The molecule has 2 aromatic carbocycles. The van der Waals surface area contributed by atoms with E-state index in [1.54, 1.807) is 31.1 Å². The maximum Gasteiger partial charge on any atom is 0.259 e. The molecule has 0 aliphatic carbocycles. The highest BCUT2D eigenvalue weighted by molar-refractivity contribution is 6.02. The topological polar surface area (TPSA) is 56.5 Å². The number of hydrogen-bond acceptors (Lipinski definition) is 4. The number of aromatic nitrogens is 2. The SMILES string of the molecule is COc1ccc2cc3c(=O)n(C)cc(C=Nc4ccc(C)cc4)c3nc2c1. The predicted molar refractivity (Wildman–Crippen MR) is 109 cm³/mol. The third-order valence-electron chi connectivity index (χ3n) is 4.57. The molecular formula is C22H19N3O2. The van der Waals surface area contributed by atoms with E-state index >= 15 is 0 Å². The van der Waals surface area contributed by atoms with Crippen LogP contribution in [0, 0.1) is 6.92 Å². The van der Waals surface area contributed by atoms with E-state index in [0.717, 1.165) is 27.9 Å². The molecule has 5 heteroatoms. The number of hydrogen-bond donors (Lipinski definition) is 0. The highest BCUT2D eigenvalue weighted by atomic mass is 16.5. The molecule has 0 aliphatic rings. The molecule has 0 spiro atoms. The van der Waals surface area contributed by atoms with Crippen LogP contribution >= 0.6 is 0 Å². The summed E-state index contributed by atoms with van der Waals surface area (Å²) in [6.07, 6.45) is 3.52. The summed E-state index contributed by atoms with van der Waals surface area (Å²) < 4.78 is 6.86. The van der Waals surface area contributed by atoms with Gasteiger partial charge in [0.05, 0.1) is 29.2 Å². The van der Waals surface area contributed by atoms with E-state index in [2.05, 4.69) is 4.99 Å². The smallest absolute Gasteiger partial charge is 0.259 e. The first-order valence-corrected chi connectivity index (χ1v) is 8.64. The van der Waals surface area contributed by atoms with Crippen LogP contribution in [0.5, 0.6) is 5.75 Å². The van der Waals surface area contributed by atoms with E-state index in [4.69, 9.17) is 9.72 Å². The number of aryl methyl sites for hydroxylation is 2. The Balaban J connectivity index is 1.93. The molecule has 4 rings (SSSR count). The van der Waals surface area contributed by atoms with E-state index in [-0.39, 0.29) is 5.56 Å². The second-order valence-corrected chi connectivity index (χ2v) is 6.54. The van der Waals surface area contributed by atoms with Gasteiger partial charge in [-0.25, -0.2) is 4.98 Å². The first-order valence-electron chi connectivity index (χ1n) is 8.64. The standard InChI is InChI=1S/C22H19N3O2/c1-14-4-7-17(8-5-14)23-12-16-13-25(2)22(26)19-10-15-6-9-18(27-3)11-20(15)24-21(16)19/h4-13H,1-3H3. The van der Waals surface area contributed by atoms with Gasteiger partial charge in [0.2, 0.25) is 0 Å². The zero-order valence-electron chi connectivity index (χ0n) is 15.4. The fourth-order valence-corrected chi connectivity index (χ4v) is 3.04. The van der Waals surface area contributed by atoms with Crippen molar-refractivity contribution in [1.29, 1.82) is 0 Å². The molecule has 2 heterocycles. The van der Waals surface area contributed by atoms with Crippen molar-refractivity contribution in [2.45, 2.75) is 6.92 Å². The minimum absolute atomic E-state index is 0.0808. The van der Waals surface area contributed by atoms with Gasteiger partial charge in [0.15, 0.2) is 0 Å². The summed E-state index contributed by atoms with van der Waals surface area (Å²) in [5.74, 6) is 0.730. The van der Waals surface area contributed by atoms with Crippen LogP contribution in [-0.4, -0.2) is 22.9 Å². The molecule has 0 saturated heterocycles. The lowest BCUT2D eigenvalue weighted by Gasteiger charge is -2.08. The lowest BCUT2D eigenvalue weighted by atomic mass is 10.1. The van der Waals surface area contributed by atoms with Crippen molar-refractivity contribution in [1.82, 2.24) is 9.55 Å². The number of benzene rings is 2. The summed E-state index contributed by atoms with van der Waals surface area (Å²) in [5.41, 5.74) is 4.16. The minimum atomic E-state index is -0.0808. The van der Waals surface area contributed by atoms with Gasteiger partial charge in [0.1, 0.15) is 5.75 Å². The van der Waals surface area contributed by atoms with E-state index in [0.29, 0.717) is 10.9 Å². The lowest BCUT2D eigenvalue weighted by molar-refractivity contribution is 0.415. The van der Waals surface area contributed by atoms with Crippen LogP contribution in [0.4, 0.5) is 5.69 Å². The van der Waals surface area contributed by atoms with E-state index in [1.807, 2.05) is 55.5 Å². The number of ether oxygens (including phenoxy) is 1. The summed E-state index contributed by atoms with van der Waals surface area (Å²) in [6.45, 7) is 2.04. The lowest BCUT2D eigenvalue weighted by Crippen LogP contribution is -2.18. The Labute approximate surface area is 156 Å². The molecule has 0 aliphatic heterocycles. The van der Waals surface area contributed by atoms with Gasteiger partial charge >= 0.3 is 0 Å². The number of pyridine rings is 2. The molecular weight excluding hydrogens is 338 g/mol. The highest BCUT2D eigenvalue weighted by Gasteiger charge is 2.10. The number of methoxy groups -OCH3 is 1. The Morgan fingerprint density at radius 3 is 2.63 bits per heavy atom. The van der Waals surface area contributed by atoms with E-state index < -0.39 is 0 Å². The Bertz CT molecular complexity index is 1240. The Morgan fingerprint density at radius 2 is 1.89 bits per heavy atom. The maximum absolute atomic E-state index is 12.6. The van der Waals surface area contributed by atoms with Gasteiger partial charge in [-0.05, 0) is 37.3 Å². The second kappa shape index (κ2) is 6.68. The van der Waals surface area contributed by atoms with Crippen LogP contribution in [0.25, 0.3) is 21.8 Å². The Morgan fingerprint density at radius 1 is 1.11 bits per heavy atom. The van der Waals surface area contributed by atoms with Crippen molar-refractivity contribution in [2.24, 2.45) is 12.0 Å². The molecule has 0 N–H and O–H groups in total. The van der Waals surface area contributed by atoms with Crippen molar-refractivity contribution >= 4 is 33.7 Å². The first-order chi connectivity index (χ1) is 13.0. The second-order valence-electron chi connectivity index (χ2n) is 6.54. The number of fused-ring (bicyclic) bond motifs is 2. The van der Waals surface area contributed by atoms with Gasteiger partial charge in [0, 0.05) is 36.5 Å². The van der Waals surface area contributed by atoms with Crippen molar-refractivity contribution in [2.75, 3.05) is 7.11 Å². The molecule has 0 saturated carbocycles. The number of aliphatic imine (C=N–C) groups is 1. The van der Waals surface area contributed by atoms with Crippen LogP contribution in [0.1, 0.15) is 11.1 Å². The van der Waals surface area contributed by atoms with Crippen LogP contribution in [0.2, 0.25) is 0 Å². The Kier molecular flexibility index (Phi) is 4.20. The average molecular weight is 357 g/mol.